The molecule has 2 aromatic rings. The summed E-state index contributed by atoms with van der Waals surface area (Å²) in [5.74, 6) is -0.0522. The van der Waals surface area contributed by atoms with Gasteiger partial charge in [0.15, 0.2) is 0 Å². The highest BCUT2D eigenvalue weighted by Crippen LogP contribution is 2.19. The molecule has 0 radical (unpaired) electrons. The molecule has 0 aliphatic carbocycles. The summed E-state index contributed by atoms with van der Waals surface area (Å²) >= 11 is 1.70. The summed E-state index contributed by atoms with van der Waals surface area (Å²) in [4.78, 5) is 17.8. The maximum absolute atomic E-state index is 12.1. The van der Waals surface area contributed by atoms with Crippen LogP contribution in [0.4, 0.5) is 0 Å². The first kappa shape index (κ1) is 15.7. The Balaban J connectivity index is 1.85. The zero-order chi connectivity index (χ0) is 15.2. The topological polar surface area (TPSA) is 59.8 Å². The minimum atomic E-state index is -0.103. The Morgan fingerprint density at radius 2 is 2.33 bits per heavy atom. The van der Waals surface area contributed by atoms with Gasteiger partial charge in [-0.05, 0) is 25.8 Å². The largest absolute Gasteiger partial charge is 0.351 e. The maximum Gasteiger partial charge on any atom is 0.224 e. The number of carbonyl (C=O) groups is 1. The highest BCUT2D eigenvalue weighted by molar-refractivity contribution is 7.11. The molecule has 0 aliphatic heterocycles. The predicted molar refractivity (Wildman–Crippen MR) is 84.1 cm³/mol. The SMILES string of the molecule is CCCc1nc(C)c(CNC(=O)[C@H](C)Cn2cccn2)s1. The van der Waals surface area contributed by atoms with Crippen LogP contribution in [0.15, 0.2) is 18.5 Å². The van der Waals surface area contributed by atoms with Gasteiger partial charge in [0.2, 0.25) is 5.91 Å². The molecule has 0 bridgehead atoms. The lowest BCUT2D eigenvalue weighted by molar-refractivity contribution is -0.125. The lowest BCUT2D eigenvalue weighted by Gasteiger charge is -2.11. The van der Waals surface area contributed by atoms with E-state index in [1.54, 1.807) is 22.2 Å². The minimum absolute atomic E-state index is 0.0512. The van der Waals surface area contributed by atoms with Gasteiger partial charge in [0.25, 0.3) is 0 Å². The van der Waals surface area contributed by atoms with E-state index < -0.39 is 0 Å². The van der Waals surface area contributed by atoms with E-state index in [4.69, 9.17) is 0 Å². The lowest BCUT2D eigenvalue weighted by Crippen LogP contribution is -2.31. The van der Waals surface area contributed by atoms with Crippen LogP contribution in [-0.2, 0) is 24.3 Å². The standard InChI is InChI=1S/C15H22N4OS/c1-4-6-14-18-12(3)13(21-14)9-16-15(20)11(2)10-19-8-5-7-17-19/h5,7-8,11H,4,6,9-10H2,1-3H3,(H,16,20)/t11-/m1/s1. The summed E-state index contributed by atoms with van der Waals surface area (Å²) in [7, 11) is 0. The molecule has 114 valence electrons. The molecule has 2 aromatic heterocycles. The summed E-state index contributed by atoms with van der Waals surface area (Å²) in [6.07, 6.45) is 5.70. The third-order valence-electron chi connectivity index (χ3n) is 3.29. The molecule has 2 rings (SSSR count). The van der Waals surface area contributed by atoms with Crippen molar-refractivity contribution in [3.05, 3.63) is 34.0 Å². The summed E-state index contributed by atoms with van der Waals surface area (Å²) in [5.41, 5.74) is 1.03. The van der Waals surface area contributed by atoms with Gasteiger partial charge in [-0.2, -0.15) is 5.10 Å². The first-order valence-corrected chi connectivity index (χ1v) is 8.12. The van der Waals surface area contributed by atoms with E-state index in [1.807, 2.05) is 26.1 Å². The molecular formula is C15H22N4OS. The molecule has 1 N–H and O–H groups in total. The number of hydrogen-bond donors (Lipinski definition) is 1. The zero-order valence-corrected chi connectivity index (χ0v) is 13.6. The second-order valence-electron chi connectivity index (χ2n) is 5.21. The molecule has 0 spiro atoms. The molecule has 0 saturated carbocycles. The Hall–Kier alpha value is -1.69. The fourth-order valence-electron chi connectivity index (χ4n) is 2.09. The highest BCUT2D eigenvalue weighted by Gasteiger charge is 2.15. The second kappa shape index (κ2) is 7.36. The van der Waals surface area contributed by atoms with Crippen LogP contribution in [0, 0.1) is 12.8 Å². The van der Waals surface area contributed by atoms with E-state index in [2.05, 4.69) is 22.3 Å². The van der Waals surface area contributed by atoms with Gasteiger partial charge in [-0.25, -0.2) is 4.98 Å². The van der Waals surface area contributed by atoms with E-state index in [0.717, 1.165) is 28.4 Å². The quantitative estimate of drug-likeness (QED) is 0.855. The van der Waals surface area contributed by atoms with Crippen LogP contribution in [0.3, 0.4) is 0 Å². The van der Waals surface area contributed by atoms with E-state index in [0.29, 0.717) is 13.1 Å². The molecule has 0 fully saturated rings. The second-order valence-corrected chi connectivity index (χ2v) is 6.38. The van der Waals surface area contributed by atoms with E-state index in [1.165, 1.54) is 0 Å². The van der Waals surface area contributed by atoms with E-state index in [-0.39, 0.29) is 11.8 Å². The monoisotopic (exact) mass is 306 g/mol. The van der Waals surface area contributed by atoms with Gasteiger partial charge in [-0.15, -0.1) is 11.3 Å². The number of thiazole rings is 1. The van der Waals surface area contributed by atoms with Crippen LogP contribution in [0.2, 0.25) is 0 Å². The van der Waals surface area contributed by atoms with Crippen molar-refractivity contribution in [2.75, 3.05) is 0 Å². The van der Waals surface area contributed by atoms with Crippen LogP contribution in [-0.4, -0.2) is 20.7 Å². The molecule has 1 amide bonds. The van der Waals surface area contributed by atoms with Gasteiger partial charge < -0.3 is 5.32 Å². The van der Waals surface area contributed by atoms with Crippen molar-refractivity contribution in [2.45, 2.75) is 46.7 Å². The number of nitrogens with zero attached hydrogens (tertiary/aromatic N) is 3. The number of hydrogen-bond acceptors (Lipinski definition) is 4. The van der Waals surface area contributed by atoms with Crippen LogP contribution < -0.4 is 5.32 Å². The third kappa shape index (κ3) is 4.39. The van der Waals surface area contributed by atoms with Gasteiger partial charge in [0, 0.05) is 17.3 Å². The van der Waals surface area contributed by atoms with Crippen LogP contribution in [0.5, 0.6) is 0 Å². The van der Waals surface area contributed by atoms with E-state index in [9.17, 15) is 4.79 Å². The molecule has 2 heterocycles. The number of amides is 1. The smallest absolute Gasteiger partial charge is 0.224 e. The summed E-state index contributed by atoms with van der Waals surface area (Å²) < 4.78 is 1.78. The molecule has 0 aliphatic rings. The maximum atomic E-state index is 12.1. The van der Waals surface area contributed by atoms with E-state index >= 15 is 0 Å². The predicted octanol–water partition coefficient (Wildman–Crippen LogP) is 2.55. The molecule has 5 nitrogen and oxygen atoms in total. The van der Waals surface area contributed by atoms with Crippen molar-refractivity contribution in [3.8, 4) is 0 Å². The van der Waals surface area contributed by atoms with Crippen molar-refractivity contribution in [1.29, 1.82) is 0 Å². The average molecular weight is 306 g/mol. The highest BCUT2D eigenvalue weighted by atomic mass is 32.1. The summed E-state index contributed by atoms with van der Waals surface area (Å²) in [6.45, 7) is 7.23. The molecule has 1 atom stereocenters. The first-order chi connectivity index (χ1) is 10.1. The molecule has 0 saturated heterocycles. The lowest BCUT2D eigenvalue weighted by atomic mass is 10.1. The van der Waals surface area contributed by atoms with Gasteiger partial charge in [0.1, 0.15) is 0 Å². The molecule has 0 unspecified atom stereocenters. The number of carbonyl (C=O) groups excluding carboxylic acids is 1. The number of aryl methyl sites for hydroxylation is 2. The van der Waals surface area contributed by atoms with Crippen molar-refractivity contribution in [3.63, 3.8) is 0 Å². The molecule has 6 heteroatoms. The summed E-state index contributed by atoms with van der Waals surface area (Å²) in [6, 6.07) is 1.86. The van der Waals surface area contributed by atoms with Crippen molar-refractivity contribution in [1.82, 2.24) is 20.1 Å². The minimum Gasteiger partial charge on any atom is -0.351 e. The number of rotatable bonds is 7. The van der Waals surface area contributed by atoms with Crippen LogP contribution in [0.25, 0.3) is 0 Å². The summed E-state index contributed by atoms with van der Waals surface area (Å²) in [5, 5.41) is 8.28. The third-order valence-corrected chi connectivity index (χ3v) is 4.51. The average Bonchev–Trinajstić information content (AvgIpc) is 3.06. The Labute approximate surface area is 129 Å². The Bertz CT molecular complexity index is 577. The first-order valence-electron chi connectivity index (χ1n) is 7.30. The van der Waals surface area contributed by atoms with Gasteiger partial charge in [-0.3, -0.25) is 9.48 Å². The van der Waals surface area contributed by atoms with Gasteiger partial charge >= 0.3 is 0 Å². The van der Waals surface area contributed by atoms with Gasteiger partial charge in [0.05, 0.1) is 29.7 Å². The Morgan fingerprint density at radius 1 is 1.52 bits per heavy atom. The fourth-order valence-corrected chi connectivity index (χ4v) is 3.20. The zero-order valence-electron chi connectivity index (χ0n) is 12.8. The molecule has 21 heavy (non-hydrogen) atoms. The Kier molecular flexibility index (Phi) is 5.50. The van der Waals surface area contributed by atoms with Crippen molar-refractivity contribution >= 4 is 17.2 Å². The molecular weight excluding hydrogens is 284 g/mol. The molecule has 0 aromatic carbocycles. The van der Waals surface area contributed by atoms with Crippen LogP contribution in [0.1, 0.15) is 35.8 Å². The normalized spacial score (nSPS) is 12.3. The van der Waals surface area contributed by atoms with Crippen molar-refractivity contribution < 1.29 is 4.79 Å². The number of nitrogens with one attached hydrogen (secondary N) is 1. The van der Waals surface area contributed by atoms with Gasteiger partial charge in [-0.1, -0.05) is 13.8 Å². The number of aromatic nitrogens is 3. The fraction of sp³-hybridized carbons (Fsp3) is 0.533. The van der Waals surface area contributed by atoms with Crippen molar-refractivity contribution in [2.24, 2.45) is 5.92 Å². The van der Waals surface area contributed by atoms with Crippen LogP contribution >= 0.6 is 11.3 Å². The Morgan fingerprint density at radius 3 is 3.00 bits per heavy atom.